The highest BCUT2D eigenvalue weighted by molar-refractivity contribution is 5.90. The van der Waals surface area contributed by atoms with E-state index in [9.17, 15) is 9.59 Å². The number of amides is 2. The third-order valence-electron chi connectivity index (χ3n) is 5.27. The van der Waals surface area contributed by atoms with Crippen molar-refractivity contribution < 1.29 is 18.8 Å². The second-order valence-electron chi connectivity index (χ2n) is 7.21. The molecule has 0 saturated carbocycles. The predicted molar refractivity (Wildman–Crippen MR) is 103 cm³/mol. The van der Waals surface area contributed by atoms with Gasteiger partial charge in [0.15, 0.2) is 5.69 Å². The molecule has 4 rings (SSSR count). The lowest BCUT2D eigenvalue weighted by Crippen LogP contribution is -2.49. The number of nitrogens with zero attached hydrogens (tertiary/aromatic N) is 7. The lowest BCUT2D eigenvalue weighted by atomic mass is 9.93. The highest BCUT2D eigenvalue weighted by Gasteiger charge is 2.42. The summed E-state index contributed by atoms with van der Waals surface area (Å²) in [5, 5.41) is 10.2. The summed E-state index contributed by atoms with van der Waals surface area (Å²) in [5.74, 6) is -1.91. The molecule has 160 valence electrons. The minimum atomic E-state index is -1.50. The van der Waals surface area contributed by atoms with E-state index in [1.165, 1.54) is 24.7 Å². The first-order chi connectivity index (χ1) is 15.0. The van der Waals surface area contributed by atoms with Crippen molar-refractivity contribution in [3.63, 3.8) is 0 Å². The summed E-state index contributed by atoms with van der Waals surface area (Å²) in [7, 11) is 0. The number of alkyl halides is 1. The Morgan fingerprint density at radius 2 is 2.13 bits per heavy atom. The van der Waals surface area contributed by atoms with Crippen LogP contribution in [0.3, 0.4) is 0 Å². The molecule has 3 atom stereocenters. The van der Waals surface area contributed by atoms with Crippen LogP contribution in [0.1, 0.15) is 40.8 Å². The van der Waals surface area contributed by atoms with Crippen molar-refractivity contribution in [3.05, 3.63) is 41.7 Å². The lowest BCUT2D eigenvalue weighted by molar-refractivity contribution is -0.184. The first-order valence-corrected chi connectivity index (χ1v) is 9.68. The van der Waals surface area contributed by atoms with Gasteiger partial charge in [-0.2, -0.15) is 5.26 Å². The van der Waals surface area contributed by atoms with Crippen LogP contribution in [0.5, 0.6) is 0 Å². The number of halogens is 1. The van der Waals surface area contributed by atoms with Crippen LogP contribution in [-0.4, -0.2) is 62.7 Å². The second-order valence-corrected chi connectivity index (χ2v) is 7.21. The van der Waals surface area contributed by atoms with Gasteiger partial charge in [0, 0.05) is 19.2 Å². The Labute approximate surface area is 176 Å². The summed E-state index contributed by atoms with van der Waals surface area (Å²) in [4.78, 5) is 47.8. The molecule has 0 spiro atoms. The number of hydrogen-bond donors (Lipinski definition) is 1. The van der Waals surface area contributed by atoms with E-state index in [1.807, 2.05) is 6.07 Å². The molecule has 0 bridgehead atoms. The third kappa shape index (κ3) is 4.13. The molecule has 4 heterocycles. The van der Waals surface area contributed by atoms with Crippen LogP contribution < -0.4 is 10.6 Å². The molecule has 2 aromatic heterocycles. The van der Waals surface area contributed by atoms with Gasteiger partial charge in [0.2, 0.25) is 5.95 Å². The van der Waals surface area contributed by atoms with Crippen molar-refractivity contribution in [2.24, 2.45) is 11.7 Å². The highest BCUT2D eigenvalue weighted by atomic mass is 19.1. The van der Waals surface area contributed by atoms with Crippen molar-refractivity contribution in [1.82, 2.24) is 25.0 Å². The van der Waals surface area contributed by atoms with Crippen LogP contribution in [0.2, 0.25) is 0 Å². The maximum Gasteiger partial charge on any atom is 0.267 e. The summed E-state index contributed by atoms with van der Waals surface area (Å²) >= 11 is 0. The molecule has 2 amide bonds. The zero-order chi connectivity index (χ0) is 22.0. The molecule has 2 aliphatic rings. The summed E-state index contributed by atoms with van der Waals surface area (Å²) in [6.45, 7) is 0.487. The smallest absolute Gasteiger partial charge is 0.267 e. The van der Waals surface area contributed by atoms with Gasteiger partial charge >= 0.3 is 0 Å². The second kappa shape index (κ2) is 8.57. The number of carbonyl (C=O) groups excluding carboxylic acids is 2. The SMILES string of the molecule is N#Cc1cncc([C@@H]2CCON2C(=O)[C@@H]2CCN(c3nccc(C(N)=O)n3)C[C@H]2F)n1. The summed E-state index contributed by atoms with van der Waals surface area (Å²) < 4.78 is 15.0. The first-order valence-electron chi connectivity index (χ1n) is 9.68. The molecule has 2 saturated heterocycles. The van der Waals surface area contributed by atoms with Gasteiger partial charge in [0.25, 0.3) is 11.8 Å². The van der Waals surface area contributed by atoms with Gasteiger partial charge in [0.1, 0.15) is 24.0 Å². The number of hydrogen-bond acceptors (Lipinski definition) is 9. The van der Waals surface area contributed by atoms with Crippen LogP contribution in [0.4, 0.5) is 10.3 Å². The number of primary amides is 1. The monoisotopic (exact) mass is 426 g/mol. The molecule has 12 heteroatoms. The molecular formula is C19H19FN8O3. The van der Waals surface area contributed by atoms with Gasteiger partial charge in [-0.15, -0.1) is 0 Å². The molecule has 31 heavy (non-hydrogen) atoms. The topological polar surface area (TPSA) is 151 Å². The van der Waals surface area contributed by atoms with E-state index in [-0.39, 0.29) is 36.9 Å². The van der Waals surface area contributed by atoms with Gasteiger partial charge in [-0.3, -0.25) is 19.4 Å². The lowest BCUT2D eigenvalue weighted by Gasteiger charge is -2.36. The number of aromatic nitrogens is 4. The number of nitrogens with two attached hydrogens (primary N) is 1. The van der Waals surface area contributed by atoms with Crippen molar-refractivity contribution in [2.75, 3.05) is 24.6 Å². The predicted octanol–water partition coefficient (Wildman–Crippen LogP) is 0.307. The van der Waals surface area contributed by atoms with Gasteiger partial charge in [-0.25, -0.2) is 24.4 Å². The molecule has 0 radical (unpaired) electrons. The van der Waals surface area contributed by atoms with Crippen molar-refractivity contribution in [1.29, 1.82) is 5.26 Å². The molecule has 2 aromatic rings. The molecule has 2 fully saturated rings. The molecule has 0 aliphatic carbocycles. The largest absolute Gasteiger partial charge is 0.364 e. The third-order valence-corrected chi connectivity index (χ3v) is 5.27. The first kappa shape index (κ1) is 20.5. The van der Waals surface area contributed by atoms with Crippen molar-refractivity contribution in [3.8, 4) is 6.07 Å². The quantitative estimate of drug-likeness (QED) is 0.728. The summed E-state index contributed by atoms with van der Waals surface area (Å²) in [6.07, 6.45) is 3.36. The van der Waals surface area contributed by atoms with E-state index >= 15 is 4.39 Å². The number of rotatable bonds is 4. The van der Waals surface area contributed by atoms with Crippen LogP contribution in [0.25, 0.3) is 0 Å². The van der Waals surface area contributed by atoms with Crippen LogP contribution >= 0.6 is 0 Å². The summed E-state index contributed by atoms with van der Waals surface area (Å²) in [6, 6.07) is 2.76. The van der Waals surface area contributed by atoms with E-state index in [0.29, 0.717) is 18.7 Å². The standard InChI is InChI=1S/C19H19FN8O3/c20-13-10-27(19-24-4-1-14(26-19)17(22)29)5-2-12(13)18(30)28-16(3-6-31-28)15-9-23-8-11(7-21)25-15/h1,4,8-9,12-13,16H,2-3,5-6,10H2,(H2,22,29)/t12-,13-,16+/m1/s1. The zero-order valence-corrected chi connectivity index (χ0v) is 16.4. The highest BCUT2D eigenvalue weighted by Crippen LogP contribution is 2.33. The van der Waals surface area contributed by atoms with Crippen LogP contribution in [0.15, 0.2) is 24.7 Å². The molecular weight excluding hydrogens is 407 g/mol. The van der Waals surface area contributed by atoms with Gasteiger partial charge in [-0.05, 0) is 12.5 Å². The molecule has 2 N–H and O–H groups in total. The number of carbonyl (C=O) groups is 2. The summed E-state index contributed by atoms with van der Waals surface area (Å²) in [5.41, 5.74) is 5.83. The molecule has 11 nitrogen and oxygen atoms in total. The minimum Gasteiger partial charge on any atom is -0.364 e. The number of anilines is 1. The molecule has 2 aliphatic heterocycles. The number of nitriles is 1. The molecule has 0 unspecified atom stereocenters. The van der Waals surface area contributed by atoms with Crippen molar-refractivity contribution in [2.45, 2.75) is 25.1 Å². The Hall–Kier alpha value is -3.72. The number of piperidine rings is 1. The van der Waals surface area contributed by atoms with Crippen molar-refractivity contribution >= 4 is 17.8 Å². The average Bonchev–Trinajstić information content (AvgIpc) is 3.28. The maximum absolute atomic E-state index is 15.0. The Morgan fingerprint density at radius 1 is 1.29 bits per heavy atom. The minimum absolute atomic E-state index is 0.0348. The fraction of sp³-hybridized carbons (Fsp3) is 0.421. The fourth-order valence-corrected chi connectivity index (χ4v) is 3.72. The Morgan fingerprint density at radius 3 is 2.87 bits per heavy atom. The van der Waals surface area contributed by atoms with E-state index in [2.05, 4.69) is 19.9 Å². The van der Waals surface area contributed by atoms with E-state index in [1.54, 1.807) is 4.90 Å². The fourth-order valence-electron chi connectivity index (χ4n) is 3.72. The van der Waals surface area contributed by atoms with E-state index in [4.69, 9.17) is 15.8 Å². The van der Waals surface area contributed by atoms with Crippen LogP contribution in [-0.2, 0) is 9.63 Å². The van der Waals surface area contributed by atoms with Gasteiger partial charge < -0.3 is 10.6 Å². The van der Waals surface area contributed by atoms with E-state index < -0.39 is 29.9 Å². The molecule has 0 aromatic carbocycles. The normalized spacial score (nSPS) is 23.4. The Balaban J connectivity index is 1.47. The Kier molecular flexibility index (Phi) is 5.68. The zero-order valence-electron chi connectivity index (χ0n) is 16.4. The average molecular weight is 426 g/mol. The van der Waals surface area contributed by atoms with Crippen LogP contribution in [0, 0.1) is 17.2 Å². The van der Waals surface area contributed by atoms with Gasteiger partial charge in [-0.1, -0.05) is 0 Å². The number of hydroxylamine groups is 2. The maximum atomic E-state index is 15.0. The van der Waals surface area contributed by atoms with Gasteiger partial charge in [0.05, 0.1) is 37.2 Å². The Bertz CT molecular complexity index is 1040. The van der Waals surface area contributed by atoms with E-state index in [0.717, 1.165) is 5.06 Å².